The van der Waals surface area contributed by atoms with Gasteiger partial charge in [0.05, 0.1) is 17.6 Å². The van der Waals surface area contributed by atoms with Crippen LogP contribution in [0.25, 0.3) is 5.69 Å². The number of rotatable bonds is 4. The molecular formula is C16H12BrN5O2S. The van der Waals surface area contributed by atoms with Crippen LogP contribution in [0.1, 0.15) is 5.56 Å². The lowest BCUT2D eigenvalue weighted by Gasteiger charge is -2.14. The minimum absolute atomic E-state index is 0.107. The average molecular weight is 418 g/mol. The molecular weight excluding hydrogens is 406 g/mol. The molecule has 0 spiro atoms. The first-order valence-corrected chi connectivity index (χ1v) is 9.32. The van der Waals surface area contributed by atoms with Crippen molar-refractivity contribution in [1.82, 2.24) is 9.78 Å². The zero-order valence-corrected chi connectivity index (χ0v) is 15.1. The molecule has 0 amide bonds. The Kier molecular flexibility index (Phi) is 4.48. The highest BCUT2D eigenvalue weighted by molar-refractivity contribution is 9.10. The zero-order chi connectivity index (χ0) is 18.0. The number of anilines is 2. The van der Waals surface area contributed by atoms with Crippen LogP contribution in [-0.4, -0.2) is 18.2 Å². The molecule has 9 heteroatoms. The Morgan fingerprint density at radius 1 is 1.16 bits per heavy atom. The van der Waals surface area contributed by atoms with Gasteiger partial charge in [-0.15, -0.1) is 0 Å². The van der Waals surface area contributed by atoms with Crippen LogP contribution >= 0.6 is 15.9 Å². The lowest BCUT2D eigenvalue weighted by molar-refractivity contribution is 0.600. The van der Waals surface area contributed by atoms with Gasteiger partial charge in [-0.05, 0) is 40.2 Å². The summed E-state index contributed by atoms with van der Waals surface area (Å²) in [5.74, 6) is 0.134. The van der Waals surface area contributed by atoms with Crippen molar-refractivity contribution >= 4 is 37.5 Å². The van der Waals surface area contributed by atoms with E-state index in [1.807, 2.05) is 6.07 Å². The van der Waals surface area contributed by atoms with E-state index in [9.17, 15) is 8.42 Å². The van der Waals surface area contributed by atoms with Crippen LogP contribution in [0.15, 0.2) is 64.1 Å². The van der Waals surface area contributed by atoms with Crippen LogP contribution < -0.4 is 10.5 Å². The molecule has 7 nitrogen and oxygen atoms in total. The number of nitrogens with one attached hydrogen (secondary N) is 1. The lowest BCUT2D eigenvalue weighted by Crippen LogP contribution is -2.16. The highest BCUT2D eigenvalue weighted by Crippen LogP contribution is 2.28. The second kappa shape index (κ2) is 6.58. The minimum atomic E-state index is -3.83. The van der Waals surface area contributed by atoms with Crippen molar-refractivity contribution in [2.45, 2.75) is 4.90 Å². The van der Waals surface area contributed by atoms with Gasteiger partial charge in [0.2, 0.25) is 0 Å². The molecule has 2 aromatic carbocycles. The molecule has 0 saturated heterocycles. The van der Waals surface area contributed by atoms with E-state index in [4.69, 9.17) is 11.0 Å². The Morgan fingerprint density at radius 2 is 1.84 bits per heavy atom. The molecule has 0 bridgehead atoms. The van der Waals surface area contributed by atoms with Gasteiger partial charge in [0.1, 0.15) is 22.3 Å². The number of hydrogen-bond acceptors (Lipinski definition) is 5. The SMILES string of the molecule is N#Cc1cnn(-c2ccccc2NS(=O)(=O)c2ccccc2Br)c1N. The topological polar surface area (TPSA) is 114 Å². The maximum Gasteiger partial charge on any atom is 0.263 e. The number of sulfonamides is 1. The van der Waals surface area contributed by atoms with E-state index < -0.39 is 10.0 Å². The molecule has 0 aliphatic heterocycles. The van der Waals surface area contributed by atoms with Crippen molar-refractivity contribution in [3.63, 3.8) is 0 Å². The van der Waals surface area contributed by atoms with Gasteiger partial charge in [0.25, 0.3) is 10.0 Å². The highest BCUT2D eigenvalue weighted by Gasteiger charge is 2.20. The number of halogens is 1. The van der Waals surface area contributed by atoms with Crippen molar-refractivity contribution in [3.8, 4) is 11.8 Å². The Labute approximate surface area is 152 Å². The van der Waals surface area contributed by atoms with Gasteiger partial charge in [0.15, 0.2) is 0 Å². The summed E-state index contributed by atoms with van der Waals surface area (Å²) >= 11 is 3.24. The summed E-state index contributed by atoms with van der Waals surface area (Å²) in [6, 6.07) is 15.1. The molecule has 25 heavy (non-hydrogen) atoms. The van der Waals surface area contributed by atoms with E-state index in [0.29, 0.717) is 10.2 Å². The van der Waals surface area contributed by atoms with Crippen LogP contribution in [0.4, 0.5) is 11.5 Å². The number of nitrogens with two attached hydrogens (primary N) is 1. The fourth-order valence-electron chi connectivity index (χ4n) is 2.24. The summed E-state index contributed by atoms with van der Waals surface area (Å²) in [7, 11) is -3.83. The summed E-state index contributed by atoms with van der Waals surface area (Å²) in [6.45, 7) is 0. The summed E-state index contributed by atoms with van der Waals surface area (Å²) < 4.78 is 29.7. The predicted molar refractivity (Wildman–Crippen MR) is 97.6 cm³/mol. The summed E-state index contributed by atoms with van der Waals surface area (Å²) in [5, 5.41) is 13.1. The summed E-state index contributed by atoms with van der Waals surface area (Å²) in [5.41, 5.74) is 6.82. The average Bonchev–Trinajstić information content (AvgIpc) is 2.96. The molecule has 0 aliphatic carbocycles. The molecule has 3 aromatic rings. The third kappa shape index (κ3) is 3.22. The normalized spacial score (nSPS) is 11.0. The summed E-state index contributed by atoms with van der Waals surface area (Å²) in [6.07, 6.45) is 1.33. The molecule has 126 valence electrons. The monoisotopic (exact) mass is 417 g/mol. The third-order valence-electron chi connectivity index (χ3n) is 3.43. The summed E-state index contributed by atoms with van der Waals surface area (Å²) in [4.78, 5) is 0.107. The first kappa shape index (κ1) is 17.0. The van der Waals surface area contributed by atoms with Crippen molar-refractivity contribution in [2.75, 3.05) is 10.5 Å². The van der Waals surface area contributed by atoms with Crippen molar-refractivity contribution in [2.24, 2.45) is 0 Å². The molecule has 0 saturated carbocycles. The van der Waals surface area contributed by atoms with E-state index in [1.165, 1.54) is 16.9 Å². The van der Waals surface area contributed by atoms with Crippen molar-refractivity contribution in [3.05, 3.63) is 64.8 Å². The van der Waals surface area contributed by atoms with Crippen LogP contribution in [-0.2, 0) is 10.0 Å². The largest absolute Gasteiger partial charge is 0.382 e. The first-order valence-electron chi connectivity index (χ1n) is 7.04. The number of hydrogen-bond donors (Lipinski definition) is 2. The number of nitriles is 1. The van der Waals surface area contributed by atoms with Crippen LogP contribution in [0.2, 0.25) is 0 Å². The van der Waals surface area contributed by atoms with Gasteiger partial charge in [-0.1, -0.05) is 24.3 Å². The van der Waals surface area contributed by atoms with E-state index in [1.54, 1.807) is 42.5 Å². The number of benzene rings is 2. The maximum atomic E-state index is 12.7. The standard InChI is InChI=1S/C16H12BrN5O2S/c17-12-5-1-4-8-15(12)25(23,24)21-13-6-2-3-7-14(13)22-16(19)11(9-18)10-20-22/h1-8,10,21H,19H2. The number of nitrogens with zero attached hydrogens (tertiary/aromatic N) is 3. The second-order valence-electron chi connectivity index (χ2n) is 5.02. The van der Waals surface area contributed by atoms with E-state index in [-0.39, 0.29) is 22.0 Å². The molecule has 0 unspecified atom stereocenters. The molecule has 0 aliphatic rings. The molecule has 3 N–H and O–H groups in total. The Morgan fingerprint density at radius 3 is 2.52 bits per heavy atom. The Balaban J connectivity index is 2.07. The number of nitrogen functional groups attached to an aromatic ring is 1. The van der Waals surface area contributed by atoms with Crippen LogP contribution in [0, 0.1) is 11.3 Å². The molecule has 0 fully saturated rings. The van der Waals surface area contributed by atoms with Gasteiger partial charge >= 0.3 is 0 Å². The van der Waals surface area contributed by atoms with E-state index in [0.717, 1.165) is 0 Å². The zero-order valence-electron chi connectivity index (χ0n) is 12.7. The quantitative estimate of drug-likeness (QED) is 0.676. The van der Waals surface area contributed by atoms with Crippen LogP contribution in [0.5, 0.6) is 0 Å². The maximum absolute atomic E-state index is 12.7. The van der Waals surface area contributed by atoms with Gasteiger partial charge in [-0.25, -0.2) is 13.1 Å². The van der Waals surface area contributed by atoms with Crippen LogP contribution in [0.3, 0.4) is 0 Å². The molecule has 0 atom stereocenters. The molecule has 3 rings (SSSR count). The van der Waals surface area contributed by atoms with Gasteiger partial charge in [-0.2, -0.15) is 10.4 Å². The smallest absolute Gasteiger partial charge is 0.263 e. The molecule has 0 radical (unpaired) electrons. The molecule has 1 heterocycles. The van der Waals surface area contributed by atoms with E-state index >= 15 is 0 Å². The Hall–Kier alpha value is -2.83. The number of aromatic nitrogens is 2. The van der Waals surface area contributed by atoms with Gasteiger partial charge in [0, 0.05) is 4.47 Å². The second-order valence-corrected chi connectivity index (χ2v) is 7.53. The fourth-order valence-corrected chi connectivity index (χ4v) is 4.32. The van der Waals surface area contributed by atoms with Gasteiger partial charge in [-0.3, -0.25) is 4.72 Å². The van der Waals surface area contributed by atoms with Gasteiger partial charge < -0.3 is 5.73 Å². The minimum Gasteiger partial charge on any atom is -0.382 e. The third-order valence-corrected chi connectivity index (χ3v) is 5.81. The highest BCUT2D eigenvalue weighted by atomic mass is 79.9. The first-order chi connectivity index (χ1) is 11.9. The Bertz CT molecular complexity index is 1090. The van der Waals surface area contributed by atoms with Crippen molar-refractivity contribution in [1.29, 1.82) is 5.26 Å². The van der Waals surface area contributed by atoms with Crippen molar-refractivity contribution < 1.29 is 8.42 Å². The predicted octanol–water partition coefficient (Wildman–Crippen LogP) is 2.89. The molecule has 1 aromatic heterocycles. The van der Waals surface area contributed by atoms with E-state index in [2.05, 4.69) is 25.8 Å². The lowest BCUT2D eigenvalue weighted by atomic mass is 10.2. The fraction of sp³-hybridized carbons (Fsp3) is 0. The number of para-hydroxylation sites is 2.